The minimum Gasteiger partial charge on any atom is -0.348 e. The molecule has 0 radical (unpaired) electrons. The highest BCUT2D eigenvalue weighted by Gasteiger charge is 2.14. The van der Waals surface area contributed by atoms with Crippen molar-refractivity contribution in [3.05, 3.63) is 47.8 Å². The second-order valence-corrected chi connectivity index (χ2v) is 5.20. The van der Waals surface area contributed by atoms with E-state index in [9.17, 15) is 4.79 Å². The van der Waals surface area contributed by atoms with Crippen molar-refractivity contribution in [2.24, 2.45) is 0 Å². The lowest BCUT2D eigenvalue weighted by atomic mass is 10.1. The molecule has 0 aliphatic heterocycles. The maximum atomic E-state index is 12.1. The minimum atomic E-state index is -0.0266. The Morgan fingerprint density at radius 1 is 1.33 bits per heavy atom. The molecule has 1 N–H and O–H groups in total. The fraction of sp³-hybridized carbons (Fsp3) is 0.438. The van der Waals surface area contributed by atoms with Gasteiger partial charge in [-0.3, -0.25) is 9.78 Å². The molecule has 1 unspecified atom stereocenters. The smallest absolute Gasteiger partial charge is 0.222 e. The number of nitrogens with zero attached hydrogens (tertiary/aromatic N) is 3. The van der Waals surface area contributed by atoms with Crippen LogP contribution in [-0.2, 0) is 11.3 Å². The summed E-state index contributed by atoms with van der Waals surface area (Å²) >= 11 is 0. The Balaban J connectivity index is 1.92. The van der Waals surface area contributed by atoms with Crippen molar-refractivity contribution in [1.82, 2.24) is 19.9 Å². The third kappa shape index (κ3) is 4.15. The van der Waals surface area contributed by atoms with E-state index in [1.54, 1.807) is 12.4 Å². The lowest BCUT2D eigenvalue weighted by Crippen LogP contribution is -2.29. The number of hydrogen-bond acceptors (Lipinski definition) is 3. The van der Waals surface area contributed by atoms with E-state index in [4.69, 9.17) is 0 Å². The van der Waals surface area contributed by atoms with Crippen LogP contribution in [0.25, 0.3) is 0 Å². The third-order valence-electron chi connectivity index (χ3n) is 3.54. The molecular formula is C16H22N4O. The number of aryl methyl sites for hydroxylation is 3. The van der Waals surface area contributed by atoms with Gasteiger partial charge in [-0.2, -0.15) is 0 Å². The molecule has 0 fully saturated rings. The van der Waals surface area contributed by atoms with Crippen LogP contribution in [0.1, 0.15) is 42.9 Å². The number of carbonyl (C=O) groups is 1. The molecule has 1 atom stereocenters. The molecule has 5 nitrogen and oxygen atoms in total. The Morgan fingerprint density at radius 3 is 2.76 bits per heavy atom. The molecule has 112 valence electrons. The summed E-state index contributed by atoms with van der Waals surface area (Å²) in [5.41, 5.74) is 2.08. The standard InChI is InChI=1S/C16H22N4O/c1-4-14(15-11-12(2)5-7-18-15)19-16(21)6-9-20-10-8-17-13(20)3/h5,7-8,10-11,14H,4,6,9H2,1-3H3,(H,19,21). The summed E-state index contributed by atoms with van der Waals surface area (Å²) in [4.78, 5) is 20.6. The highest BCUT2D eigenvalue weighted by atomic mass is 16.1. The van der Waals surface area contributed by atoms with Gasteiger partial charge in [-0.05, 0) is 38.0 Å². The average molecular weight is 286 g/mol. The fourth-order valence-corrected chi connectivity index (χ4v) is 2.26. The lowest BCUT2D eigenvalue weighted by Gasteiger charge is -2.17. The predicted octanol–water partition coefficient (Wildman–Crippen LogP) is 2.55. The number of rotatable bonds is 6. The molecule has 21 heavy (non-hydrogen) atoms. The second kappa shape index (κ2) is 7.02. The van der Waals surface area contributed by atoms with Crippen LogP contribution >= 0.6 is 0 Å². The van der Waals surface area contributed by atoms with E-state index in [0.29, 0.717) is 13.0 Å². The number of hydrogen-bond donors (Lipinski definition) is 1. The average Bonchev–Trinajstić information content (AvgIpc) is 2.88. The first-order chi connectivity index (χ1) is 10.1. The van der Waals surface area contributed by atoms with Crippen molar-refractivity contribution >= 4 is 5.91 Å². The van der Waals surface area contributed by atoms with E-state index in [1.807, 2.05) is 36.7 Å². The quantitative estimate of drug-likeness (QED) is 0.887. The molecule has 0 aliphatic carbocycles. The molecule has 0 spiro atoms. The van der Waals surface area contributed by atoms with Crippen LogP contribution < -0.4 is 5.32 Å². The van der Waals surface area contributed by atoms with Crippen molar-refractivity contribution in [3.63, 3.8) is 0 Å². The van der Waals surface area contributed by atoms with E-state index in [-0.39, 0.29) is 11.9 Å². The monoisotopic (exact) mass is 286 g/mol. The van der Waals surface area contributed by atoms with E-state index in [2.05, 4.69) is 22.2 Å². The first-order valence-electron chi connectivity index (χ1n) is 7.29. The summed E-state index contributed by atoms with van der Waals surface area (Å²) in [6, 6.07) is 3.95. The fourth-order valence-electron chi connectivity index (χ4n) is 2.26. The van der Waals surface area contributed by atoms with Crippen LogP contribution in [0.15, 0.2) is 30.7 Å². The van der Waals surface area contributed by atoms with Crippen LogP contribution in [-0.4, -0.2) is 20.4 Å². The molecule has 0 aliphatic rings. The zero-order valence-corrected chi connectivity index (χ0v) is 12.8. The number of amides is 1. The number of pyridine rings is 1. The zero-order valence-electron chi connectivity index (χ0n) is 12.8. The van der Waals surface area contributed by atoms with Crippen LogP contribution in [0.2, 0.25) is 0 Å². The van der Waals surface area contributed by atoms with Crippen molar-refractivity contribution in [3.8, 4) is 0 Å². The molecule has 5 heteroatoms. The number of imidazole rings is 1. The van der Waals surface area contributed by atoms with Crippen LogP contribution in [0.4, 0.5) is 0 Å². The van der Waals surface area contributed by atoms with Gasteiger partial charge in [-0.15, -0.1) is 0 Å². The van der Waals surface area contributed by atoms with E-state index >= 15 is 0 Å². The Bertz CT molecular complexity index is 606. The van der Waals surface area contributed by atoms with Crippen LogP contribution in [0, 0.1) is 13.8 Å². The topological polar surface area (TPSA) is 59.8 Å². The molecule has 2 heterocycles. The third-order valence-corrected chi connectivity index (χ3v) is 3.54. The van der Waals surface area contributed by atoms with E-state index in [1.165, 1.54) is 0 Å². The summed E-state index contributed by atoms with van der Waals surface area (Å²) in [6.07, 6.45) is 6.70. The molecule has 2 rings (SSSR count). The van der Waals surface area contributed by atoms with Gasteiger partial charge in [-0.25, -0.2) is 4.98 Å². The van der Waals surface area contributed by atoms with Gasteiger partial charge in [0, 0.05) is 31.6 Å². The van der Waals surface area contributed by atoms with Gasteiger partial charge in [0.2, 0.25) is 5.91 Å². The summed E-state index contributed by atoms with van der Waals surface area (Å²) in [5, 5.41) is 3.06. The van der Waals surface area contributed by atoms with Crippen molar-refractivity contribution in [2.75, 3.05) is 0 Å². The van der Waals surface area contributed by atoms with Gasteiger partial charge in [0.1, 0.15) is 5.82 Å². The molecule has 0 saturated carbocycles. The highest BCUT2D eigenvalue weighted by Crippen LogP contribution is 2.15. The van der Waals surface area contributed by atoms with E-state index in [0.717, 1.165) is 23.5 Å². The van der Waals surface area contributed by atoms with Gasteiger partial charge < -0.3 is 9.88 Å². The summed E-state index contributed by atoms with van der Waals surface area (Å²) in [6.45, 7) is 6.66. The number of nitrogens with one attached hydrogen (secondary N) is 1. The van der Waals surface area contributed by atoms with Crippen LogP contribution in [0.5, 0.6) is 0 Å². The molecule has 1 amide bonds. The second-order valence-electron chi connectivity index (χ2n) is 5.20. The number of aromatic nitrogens is 3. The molecule has 2 aromatic heterocycles. The minimum absolute atomic E-state index is 0.0266. The Kier molecular flexibility index (Phi) is 5.09. The molecule has 0 aromatic carbocycles. The van der Waals surface area contributed by atoms with Crippen molar-refractivity contribution < 1.29 is 4.79 Å². The van der Waals surface area contributed by atoms with Gasteiger partial charge >= 0.3 is 0 Å². The van der Waals surface area contributed by atoms with E-state index < -0.39 is 0 Å². The number of carbonyl (C=O) groups excluding carboxylic acids is 1. The summed E-state index contributed by atoms with van der Waals surface area (Å²) < 4.78 is 1.98. The Hall–Kier alpha value is -2.17. The maximum Gasteiger partial charge on any atom is 0.222 e. The predicted molar refractivity (Wildman–Crippen MR) is 81.7 cm³/mol. The molecule has 2 aromatic rings. The summed E-state index contributed by atoms with van der Waals surface area (Å²) in [5.74, 6) is 0.966. The van der Waals surface area contributed by atoms with Crippen molar-refractivity contribution in [2.45, 2.75) is 46.2 Å². The molecule has 0 bridgehead atoms. The first-order valence-corrected chi connectivity index (χ1v) is 7.29. The molecule has 0 saturated heterocycles. The Labute approximate surface area is 125 Å². The first kappa shape index (κ1) is 15.2. The summed E-state index contributed by atoms with van der Waals surface area (Å²) in [7, 11) is 0. The highest BCUT2D eigenvalue weighted by molar-refractivity contribution is 5.76. The van der Waals surface area contributed by atoms with Gasteiger partial charge in [-0.1, -0.05) is 6.92 Å². The SMILES string of the molecule is CCC(NC(=O)CCn1ccnc1C)c1cc(C)ccn1. The Morgan fingerprint density at radius 2 is 2.14 bits per heavy atom. The van der Waals surface area contributed by atoms with Crippen LogP contribution in [0.3, 0.4) is 0 Å². The normalized spacial score (nSPS) is 12.1. The zero-order chi connectivity index (χ0) is 15.2. The van der Waals surface area contributed by atoms with Gasteiger partial charge in [0.25, 0.3) is 0 Å². The van der Waals surface area contributed by atoms with Gasteiger partial charge in [0.05, 0.1) is 11.7 Å². The van der Waals surface area contributed by atoms with Crippen molar-refractivity contribution in [1.29, 1.82) is 0 Å². The molecular weight excluding hydrogens is 264 g/mol. The largest absolute Gasteiger partial charge is 0.348 e. The lowest BCUT2D eigenvalue weighted by molar-refractivity contribution is -0.122. The maximum absolute atomic E-state index is 12.1. The van der Waals surface area contributed by atoms with Gasteiger partial charge in [0.15, 0.2) is 0 Å².